The minimum absolute atomic E-state index is 0.992. The van der Waals surface area contributed by atoms with Gasteiger partial charge in [-0.2, -0.15) is 0 Å². The van der Waals surface area contributed by atoms with E-state index in [-0.39, 0.29) is 0 Å². The van der Waals surface area contributed by atoms with E-state index in [9.17, 15) is 0 Å². The van der Waals surface area contributed by atoms with Crippen LogP contribution in [-0.2, 0) is 0 Å². The average molecular weight is 171 g/mol. The molecular formula is C12H13N. The highest BCUT2D eigenvalue weighted by atomic mass is 14.7. The Morgan fingerprint density at radius 1 is 1.15 bits per heavy atom. The van der Waals surface area contributed by atoms with Gasteiger partial charge >= 0.3 is 0 Å². The summed E-state index contributed by atoms with van der Waals surface area (Å²) in [5, 5.41) is 0. The normalized spacial score (nSPS) is 19.2. The monoisotopic (exact) mass is 171 g/mol. The van der Waals surface area contributed by atoms with Crippen LogP contribution in [0.25, 0.3) is 6.08 Å². The summed E-state index contributed by atoms with van der Waals surface area (Å²) in [6.45, 7) is 0.992. The van der Waals surface area contributed by atoms with Crippen LogP contribution in [0.5, 0.6) is 0 Å². The maximum absolute atomic E-state index is 4.26. The van der Waals surface area contributed by atoms with E-state index in [1.165, 1.54) is 24.0 Å². The Morgan fingerprint density at radius 2 is 2.00 bits per heavy atom. The molecule has 66 valence electrons. The van der Waals surface area contributed by atoms with Crippen LogP contribution in [0.1, 0.15) is 18.4 Å². The van der Waals surface area contributed by atoms with Crippen LogP contribution in [0.2, 0.25) is 0 Å². The fourth-order valence-electron chi connectivity index (χ4n) is 1.49. The lowest BCUT2D eigenvalue weighted by atomic mass is 10.1. The van der Waals surface area contributed by atoms with Gasteiger partial charge in [0.2, 0.25) is 0 Å². The molecule has 0 saturated carbocycles. The first-order valence-electron chi connectivity index (χ1n) is 4.70. The van der Waals surface area contributed by atoms with Crippen LogP contribution < -0.4 is 0 Å². The summed E-state index contributed by atoms with van der Waals surface area (Å²) in [6.07, 6.45) is 6.56. The summed E-state index contributed by atoms with van der Waals surface area (Å²) in [5.41, 5.74) is 2.61. The Labute approximate surface area is 78.8 Å². The lowest BCUT2D eigenvalue weighted by Crippen LogP contribution is -1.96. The fraction of sp³-hybridized carbons (Fsp3) is 0.250. The molecule has 1 heterocycles. The number of rotatable bonds is 1. The van der Waals surface area contributed by atoms with E-state index in [4.69, 9.17) is 0 Å². The predicted octanol–water partition coefficient (Wildman–Crippen LogP) is 2.93. The van der Waals surface area contributed by atoms with Crippen molar-refractivity contribution in [1.29, 1.82) is 0 Å². The van der Waals surface area contributed by atoms with Gasteiger partial charge < -0.3 is 0 Å². The third kappa shape index (κ3) is 2.28. The van der Waals surface area contributed by atoms with Gasteiger partial charge in [-0.15, -0.1) is 0 Å². The molecule has 0 unspecified atom stereocenters. The van der Waals surface area contributed by atoms with Crippen molar-refractivity contribution < 1.29 is 0 Å². The molecule has 1 heteroatoms. The molecule has 1 aromatic carbocycles. The van der Waals surface area contributed by atoms with Crippen molar-refractivity contribution in [3.05, 3.63) is 41.5 Å². The molecule has 0 saturated heterocycles. The molecule has 2 rings (SSSR count). The molecule has 1 nitrogen and oxygen atoms in total. The molecule has 1 aliphatic rings. The summed E-state index contributed by atoms with van der Waals surface area (Å²) < 4.78 is 0. The zero-order valence-corrected chi connectivity index (χ0v) is 7.61. The van der Waals surface area contributed by atoms with Crippen LogP contribution >= 0.6 is 0 Å². The molecule has 0 aromatic heterocycles. The SMILES string of the molecule is C1=NCCCC1=Cc1ccccc1. The van der Waals surface area contributed by atoms with Crippen molar-refractivity contribution in [2.24, 2.45) is 4.99 Å². The Morgan fingerprint density at radius 3 is 2.69 bits per heavy atom. The number of benzene rings is 1. The topological polar surface area (TPSA) is 12.4 Å². The summed E-state index contributed by atoms with van der Waals surface area (Å²) >= 11 is 0. The van der Waals surface area contributed by atoms with E-state index in [2.05, 4.69) is 35.3 Å². The Hall–Kier alpha value is -1.37. The fourth-order valence-corrected chi connectivity index (χ4v) is 1.49. The second kappa shape index (κ2) is 4.04. The van der Waals surface area contributed by atoms with Gasteiger partial charge in [-0.1, -0.05) is 36.4 Å². The number of hydrogen-bond donors (Lipinski definition) is 0. The van der Waals surface area contributed by atoms with Crippen molar-refractivity contribution in [3.63, 3.8) is 0 Å². The summed E-state index contributed by atoms with van der Waals surface area (Å²) in [7, 11) is 0. The summed E-state index contributed by atoms with van der Waals surface area (Å²) in [5.74, 6) is 0. The van der Waals surface area contributed by atoms with E-state index >= 15 is 0 Å². The minimum atomic E-state index is 0.992. The molecule has 0 N–H and O–H groups in total. The lowest BCUT2D eigenvalue weighted by Gasteiger charge is -2.05. The highest BCUT2D eigenvalue weighted by molar-refractivity contribution is 5.86. The van der Waals surface area contributed by atoms with E-state index in [1.54, 1.807) is 0 Å². The van der Waals surface area contributed by atoms with Gasteiger partial charge in [-0.05, 0) is 24.0 Å². The van der Waals surface area contributed by atoms with Crippen LogP contribution in [0, 0.1) is 0 Å². The van der Waals surface area contributed by atoms with Gasteiger partial charge in [0.05, 0.1) is 0 Å². The molecule has 0 radical (unpaired) electrons. The number of nitrogens with zero attached hydrogens (tertiary/aromatic N) is 1. The molecule has 13 heavy (non-hydrogen) atoms. The minimum Gasteiger partial charge on any atom is -0.293 e. The maximum Gasteiger partial charge on any atom is 0.0392 e. The zero-order valence-electron chi connectivity index (χ0n) is 7.61. The van der Waals surface area contributed by atoms with Crippen molar-refractivity contribution in [2.45, 2.75) is 12.8 Å². The van der Waals surface area contributed by atoms with Gasteiger partial charge in [-0.3, -0.25) is 4.99 Å². The van der Waals surface area contributed by atoms with Crippen molar-refractivity contribution in [3.8, 4) is 0 Å². The molecule has 1 aromatic rings. The second-order valence-corrected chi connectivity index (χ2v) is 3.27. The van der Waals surface area contributed by atoms with E-state index in [1.807, 2.05) is 12.3 Å². The third-order valence-corrected chi connectivity index (χ3v) is 2.16. The van der Waals surface area contributed by atoms with Crippen molar-refractivity contribution in [1.82, 2.24) is 0 Å². The number of aliphatic imine (C=N–C) groups is 1. The van der Waals surface area contributed by atoms with Crippen LogP contribution in [-0.4, -0.2) is 12.8 Å². The molecule has 0 spiro atoms. The summed E-state index contributed by atoms with van der Waals surface area (Å²) in [4.78, 5) is 4.26. The molecular weight excluding hydrogens is 158 g/mol. The van der Waals surface area contributed by atoms with Gasteiger partial charge in [0.1, 0.15) is 0 Å². The van der Waals surface area contributed by atoms with Crippen molar-refractivity contribution >= 4 is 12.3 Å². The number of allylic oxidation sites excluding steroid dienone is 1. The van der Waals surface area contributed by atoms with Gasteiger partial charge in [0.25, 0.3) is 0 Å². The lowest BCUT2D eigenvalue weighted by molar-refractivity contribution is 0.826. The molecule has 0 amide bonds. The molecule has 0 fully saturated rings. The van der Waals surface area contributed by atoms with Gasteiger partial charge in [-0.25, -0.2) is 0 Å². The Kier molecular flexibility index (Phi) is 2.56. The van der Waals surface area contributed by atoms with E-state index < -0.39 is 0 Å². The van der Waals surface area contributed by atoms with E-state index in [0.29, 0.717) is 0 Å². The molecule has 0 aliphatic carbocycles. The Balaban J connectivity index is 2.20. The van der Waals surface area contributed by atoms with E-state index in [0.717, 1.165) is 6.54 Å². The second-order valence-electron chi connectivity index (χ2n) is 3.27. The first-order chi connectivity index (χ1) is 6.45. The number of hydrogen-bond acceptors (Lipinski definition) is 1. The molecule has 1 aliphatic heterocycles. The molecule has 0 bridgehead atoms. The van der Waals surface area contributed by atoms with Crippen molar-refractivity contribution in [2.75, 3.05) is 6.54 Å². The van der Waals surface area contributed by atoms with Crippen LogP contribution in [0.3, 0.4) is 0 Å². The first-order valence-corrected chi connectivity index (χ1v) is 4.70. The standard InChI is InChI=1S/C12H13N/c1-2-5-11(6-3-1)9-12-7-4-8-13-10-12/h1-3,5-6,9-10H,4,7-8H2. The average Bonchev–Trinajstić information content (AvgIpc) is 2.21. The van der Waals surface area contributed by atoms with Gasteiger partial charge in [0, 0.05) is 12.8 Å². The maximum atomic E-state index is 4.26. The largest absolute Gasteiger partial charge is 0.293 e. The highest BCUT2D eigenvalue weighted by Gasteiger charge is 1.99. The highest BCUT2D eigenvalue weighted by Crippen LogP contribution is 2.12. The summed E-state index contributed by atoms with van der Waals surface area (Å²) in [6, 6.07) is 10.4. The van der Waals surface area contributed by atoms with Gasteiger partial charge in [0.15, 0.2) is 0 Å². The van der Waals surface area contributed by atoms with Crippen LogP contribution in [0.15, 0.2) is 40.9 Å². The molecule has 0 atom stereocenters. The first kappa shape index (κ1) is 8.24. The zero-order chi connectivity index (χ0) is 8.93. The quantitative estimate of drug-likeness (QED) is 0.616. The smallest absolute Gasteiger partial charge is 0.0392 e. The Bertz CT molecular complexity index is 322. The predicted molar refractivity (Wildman–Crippen MR) is 57.0 cm³/mol. The van der Waals surface area contributed by atoms with Crippen LogP contribution in [0.4, 0.5) is 0 Å². The third-order valence-electron chi connectivity index (χ3n) is 2.16.